The molecule has 2 fully saturated rings. The summed E-state index contributed by atoms with van der Waals surface area (Å²) in [5.41, 5.74) is 10.4. The van der Waals surface area contributed by atoms with E-state index in [0.717, 1.165) is 56.2 Å². The summed E-state index contributed by atoms with van der Waals surface area (Å²) in [6, 6.07) is 50.6. The summed E-state index contributed by atoms with van der Waals surface area (Å²) in [5.74, 6) is -2.10. The normalized spacial score (nSPS) is 17.1. The van der Waals surface area contributed by atoms with Gasteiger partial charge >= 0.3 is 11.9 Å². The summed E-state index contributed by atoms with van der Waals surface area (Å²) >= 11 is 0. The van der Waals surface area contributed by atoms with Gasteiger partial charge in [0.1, 0.15) is 23.8 Å². The molecule has 2 aliphatic heterocycles. The van der Waals surface area contributed by atoms with Crippen molar-refractivity contribution in [1.29, 1.82) is 0 Å². The highest BCUT2D eigenvalue weighted by Gasteiger charge is 2.35. The average Bonchev–Trinajstić information content (AvgIpc) is 4.20. The van der Waals surface area contributed by atoms with Crippen molar-refractivity contribution in [2.24, 2.45) is 0 Å². The van der Waals surface area contributed by atoms with Crippen LogP contribution in [0.1, 0.15) is 110 Å². The Morgan fingerprint density at radius 1 is 0.500 bits per heavy atom. The first-order valence-corrected chi connectivity index (χ1v) is 27.3. The number of esters is 2. The monoisotopic (exact) mass is 1080 g/mol. The first kappa shape index (κ1) is 56.3. The fraction of sp³-hybridized carbons (Fsp3) is 0.273. The van der Waals surface area contributed by atoms with Crippen molar-refractivity contribution in [2.45, 2.75) is 116 Å². The van der Waals surface area contributed by atoms with Gasteiger partial charge in [0, 0.05) is 72.7 Å². The lowest BCUT2D eigenvalue weighted by molar-refractivity contribution is -0.161. The smallest absolute Gasteiger partial charge is 0.308 e. The molecule has 14 heteroatoms. The number of halogens is 2. The van der Waals surface area contributed by atoms with Gasteiger partial charge in [0.15, 0.2) is 0 Å². The molecular weight excluding hydrogens is 1010 g/mol. The highest BCUT2D eigenvalue weighted by atomic mass is 19.1. The van der Waals surface area contributed by atoms with Crippen LogP contribution in [0.3, 0.4) is 0 Å². The minimum atomic E-state index is -0.732. The molecule has 0 spiro atoms. The Balaban J connectivity index is 0.000000194. The van der Waals surface area contributed by atoms with E-state index in [0.29, 0.717) is 61.3 Å². The lowest BCUT2D eigenvalue weighted by Crippen LogP contribution is -2.33. The van der Waals surface area contributed by atoms with E-state index in [2.05, 4.69) is 19.8 Å². The van der Waals surface area contributed by atoms with Gasteiger partial charge in [-0.25, -0.2) is 8.78 Å². The zero-order valence-corrected chi connectivity index (χ0v) is 45.3. The summed E-state index contributed by atoms with van der Waals surface area (Å²) in [4.78, 5) is 52.2. The highest BCUT2D eigenvalue weighted by molar-refractivity contribution is 6.13. The van der Waals surface area contributed by atoms with Crippen LogP contribution in [0.5, 0.6) is 0 Å². The zero-order chi connectivity index (χ0) is 56.5. The van der Waals surface area contributed by atoms with E-state index >= 15 is 0 Å². The number of hydrogen-bond donors (Lipinski definition) is 4. The van der Waals surface area contributed by atoms with E-state index in [4.69, 9.17) is 9.47 Å². The van der Waals surface area contributed by atoms with Crippen LogP contribution in [0, 0.1) is 11.6 Å². The topological polar surface area (TPSA) is 161 Å². The molecule has 2 aromatic heterocycles. The number of hydrogen-bond acceptors (Lipinski definition) is 8. The lowest BCUT2D eigenvalue weighted by Gasteiger charge is -2.27. The number of aliphatic hydroxyl groups is 2. The number of carbonyl (C=O) groups is 4. The maximum absolute atomic E-state index is 14.1. The molecule has 0 bridgehead atoms. The van der Waals surface area contributed by atoms with Crippen molar-refractivity contribution in [2.75, 3.05) is 10.6 Å². The van der Waals surface area contributed by atoms with Gasteiger partial charge in [-0.3, -0.25) is 19.2 Å². The van der Waals surface area contributed by atoms with Crippen LogP contribution in [0.25, 0.3) is 44.8 Å². The number of nitrogens with zero attached hydrogens (tertiary/aromatic N) is 2. The Morgan fingerprint density at radius 2 is 0.825 bits per heavy atom. The van der Waals surface area contributed by atoms with Gasteiger partial charge in [-0.05, 0) is 107 Å². The summed E-state index contributed by atoms with van der Waals surface area (Å²) in [5, 5.41) is 26.5. The van der Waals surface area contributed by atoms with Crippen LogP contribution in [-0.4, -0.2) is 67.5 Å². The summed E-state index contributed by atoms with van der Waals surface area (Å²) in [6.45, 7) is 9.03. The fourth-order valence-corrected chi connectivity index (χ4v) is 11.0. The van der Waals surface area contributed by atoms with Crippen molar-refractivity contribution in [3.63, 3.8) is 0 Å². The number of anilines is 2. The molecule has 2 aliphatic rings. The third-order valence-electron chi connectivity index (χ3n) is 14.4. The van der Waals surface area contributed by atoms with Gasteiger partial charge in [0.05, 0.1) is 47.6 Å². The van der Waals surface area contributed by atoms with Gasteiger partial charge in [-0.15, -0.1) is 0 Å². The predicted octanol–water partition coefficient (Wildman–Crippen LogP) is 13.6. The molecular formula is C66H66F2N4O8. The molecule has 12 nitrogen and oxygen atoms in total. The number of ether oxygens (including phenoxy) is 2. The molecule has 8 aromatic rings. The Kier molecular flexibility index (Phi) is 18.0. The van der Waals surface area contributed by atoms with Crippen LogP contribution in [0.2, 0.25) is 0 Å². The van der Waals surface area contributed by atoms with Crippen LogP contribution in [0.4, 0.5) is 20.2 Å². The van der Waals surface area contributed by atoms with E-state index in [1.54, 1.807) is 24.3 Å². The second kappa shape index (κ2) is 25.6. The largest absolute Gasteiger partial charge is 0.462 e. The quantitative estimate of drug-likeness (QED) is 0.0696. The molecule has 4 heterocycles. The van der Waals surface area contributed by atoms with Crippen molar-refractivity contribution in [3.8, 4) is 44.8 Å². The molecule has 0 radical (unpaired) electrons. The molecule has 0 saturated carbocycles. The van der Waals surface area contributed by atoms with E-state index in [1.807, 2.05) is 149 Å². The first-order valence-electron chi connectivity index (χ1n) is 27.3. The van der Waals surface area contributed by atoms with Gasteiger partial charge in [-0.2, -0.15) is 0 Å². The SMILES string of the molecule is CC(C)c1c(C(=O)Nc2ccccc2)c(-c2ccccc2)c(-c2ccc(F)cc2)n1CCC1C[C@@H](O)CC(=O)O1.CC(C)c1c(C(=O)Nc2ccccc2)c(-c2ccccc2)c(-c2ccc(F)cc2)n1CC[C@H]1C[C@H](O)CC(=O)O1. The maximum Gasteiger partial charge on any atom is 0.308 e. The first-order chi connectivity index (χ1) is 38.6. The minimum Gasteiger partial charge on any atom is -0.462 e. The number of rotatable bonds is 16. The van der Waals surface area contributed by atoms with Gasteiger partial charge in [0.2, 0.25) is 0 Å². The van der Waals surface area contributed by atoms with E-state index in [1.165, 1.54) is 24.3 Å². The number of aliphatic hydroxyl groups excluding tert-OH is 2. The molecule has 80 heavy (non-hydrogen) atoms. The number of aromatic nitrogens is 2. The van der Waals surface area contributed by atoms with Crippen LogP contribution < -0.4 is 10.6 Å². The Hall–Kier alpha value is -8.46. The molecule has 4 atom stereocenters. The predicted molar refractivity (Wildman–Crippen MR) is 307 cm³/mol. The van der Waals surface area contributed by atoms with Crippen molar-refractivity contribution >= 4 is 35.1 Å². The van der Waals surface area contributed by atoms with Crippen LogP contribution in [0.15, 0.2) is 170 Å². The fourth-order valence-electron chi connectivity index (χ4n) is 11.0. The van der Waals surface area contributed by atoms with E-state index < -0.39 is 36.4 Å². The standard InChI is InChI=1S/2C33H33FN2O4/c2*1-21(2)31-30(33(39)35-25-11-7-4-8-12-25)29(22-9-5-3-6-10-22)32(23-13-15-24(34)16-14-23)36(31)18-17-27-19-26(37)20-28(38)40-27/h2*3-16,21,26-27,37H,17-20H2,1-2H3,(H,35,39)/t26-,27?;26-,27-/m10/s1. The van der Waals surface area contributed by atoms with E-state index in [-0.39, 0.29) is 48.1 Å². The van der Waals surface area contributed by atoms with Gasteiger partial charge < -0.3 is 39.5 Å². The second-order valence-corrected chi connectivity index (χ2v) is 21.0. The molecule has 412 valence electrons. The van der Waals surface area contributed by atoms with Gasteiger partial charge in [-0.1, -0.05) is 125 Å². The zero-order valence-electron chi connectivity index (χ0n) is 45.3. The number of carbonyl (C=O) groups excluding carboxylic acids is 4. The van der Waals surface area contributed by atoms with Crippen molar-refractivity contribution in [3.05, 3.63) is 204 Å². The number of nitrogens with one attached hydrogen (secondary N) is 2. The Labute approximate surface area is 465 Å². The average molecular weight is 1080 g/mol. The number of cyclic esters (lactones) is 2. The van der Waals surface area contributed by atoms with Crippen LogP contribution >= 0.6 is 0 Å². The summed E-state index contributed by atoms with van der Waals surface area (Å²) in [6.07, 6.45) is -0.707. The molecule has 1 unspecified atom stereocenters. The van der Waals surface area contributed by atoms with Crippen molar-refractivity contribution in [1.82, 2.24) is 9.13 Å². The number of para-hydroxylation sites is 2. The second-order valence-electron chi connectivity index (χ2n) is 21.0. The minimum absolute atomic E-state index is 0.0000536. The molecule has 6 aromatic carbocycles. The molecule has 0 aliphatic carbocycles. The van der Waals surface area contributed by atoms with E-state index in [9.17, 15) is 38.2 Å². The Morgan fingerprint density at radius 3 is 1.14 bits per heavy atom. The molecule has 4 N–H and O–H groups in total. The molecule has 10 rings (SSSR count). The number of amides is 2. The van der Waals surface area contributed by atoms with Gasteiger partial charge in [0.25, 0.3) is 11.8 Å². The Bertz CT molecular complexity index is 3190. The summed E-state index contributed by atoms with van der Waals surface area (Å²) in [7, 11) is 0. The van der Waals surface area contributed by atoms with Crippen molar-refractivity contribution < 1.29 is 47.6 Å². The number of benzene rings is 6. The summed E-state index contributed by atoms with van der Waals surface area (Å²) < 4.78 is 43.4. The molecule has 2 amide bonds. The molecule has 2 saturated heterocycles. The lowest BCUT2D eigenvalue weighted by atomic mass is 9.94. The van der Waals surface area contributed by atoms with Crippen LogP contribution in [-0.2, 0) is 32.2 Å². The third-order valence-corrected chi connectivity index (χ3v) is 14.4. The third kappa shape index (κ3) is 13.2. The highest BCUT2D eigenvalue weighted by Crippen LogP contribution is 2.45. The maximum atomic E-state index is 14.1.